The number of carboxylic acid groups (broad SMARTS) is 1. The molecule has 1 aliphatic heterocycles. The summed E-state index contributed by atoms with van der Waals surface area (Å²) in [6.45, 7) is 4.28. The quantitative estimate of drug-likeness (QED) is 0.187. The molecular formula is C22H35N5O6S2. The summed E-state index contributed by atoms with van der Waals surface area (Å²) in [4.78, 5) is 40.0. The van der Waals surface area contributed by atoms with Crippen LogP contribution >= 0.6 is 12.6 Å². The van der Waals surface area contributed by atoms with Gasteiger partial charge in [-0.25, -0.2) is 18.4 Å². The molecule has 0 fully saturated rings. The molecule has 7 N–H and O–H groups in total. The predicted molar refractivity (Wildman–Crippen MR) is 135 cm³/mol. The highest BCUT2D eigenvalue weighted by molar-refractivity contribution is 7.89. The van der Waals surface area contributed by atoms with E-state index in [1.807, 2.05) is 38.1 Å². The topological polar surface area (TPSA) is 185 Å². The van der Waals surface area contributed by atoms with Crippen molar-refractivity contribution in [2.24, 2.45) is 16.8 Å². The highest BCUT2D eigenvalue weighted by Gasteiger charge is 2.39. The molecule has 1 aliphatic rings. The molecule has 13 heteroatoms. The summed E-state index contributed by atoms with van der Waals surface area (Å²) in [5.74, 6) is -2.66. The lowest BCUT2D eigenvalue weighted by molar-refractivity contribution is -0.146. The van der Waals surface area contributed by atoms with E-state index in [1.165, 1.54) is 4.90 Å². The zero-order valence-corrected chi connectivity index (χ0v) is 21.6. The molecule has 2 rings (SSSR count). The number of aliphatic carboxylic acids is 1. The first-order chi connectivity index (χ1) is 16.3. The van der Waals surface area contributed by atoms with Crippen molar-refractivity contribution in [1.29, 1.82) is 0 Å². The molecule has 0 saturated carbocycles. The molecule has 0 unspecified atom stereocenters. The van der Waals surface area contributed by atoms with Crippen LogP contribution in [-0.2, 0) is 37.4 Å². The van der Waals surface area contributed by atoms with Crippen molar-refractivity contribution in [3.05, 3.63) is 35.4 Å². The summed E-state index contributed by atoms with van der Waals surface area (Å²) in [5.41, 5.74) is 7.71. The summed E-state index contributed by atoms with van der Waals surface area (Å²) in [6, 6.07) is 4.08. The van der Waals surface area contributed by atoms with Gasteiger partial charge < -0.3 is 26.4 Å². The molecular weight excluding hydrogens is 494 g/mol. The number of benzene rings is 1. The average Bonchev–Trinajstić information content (AvgIpc) is 2.79. The third-order valence-electron chi connectivity index (χ3n) is 5.91. The van der Waals surface area contributed by atoms with Gasteiger partial charge in [0.1, 0.15) is 12.1 Å². The lowest BCUT2D eigenvalue weighted by Crippen LogP contribution is -2.60. The molecule has 0 spiro atoms. The molecule has 0 aliphatic carbocycles. The number of nitrogens with one attached hydrogen (secondary N) is 2. The maximum Gasteiger partial charge on any atom is 0.326 e. The van der Waals surface area contributed by atoms with E-state index in [0.29, 0.717) is 12.3 Å². The van der Waals surface area contributed by atoms with Gasteiger partial charge in [-0.15, -0.1) is 0 Å². The Morgan fingerprint density at radius 2 is 1.86 bits per heavy atom. The molecule has 0 radical (unpaired) electrons. The first-order valence-corrected chi connectivity index (χ1v) is 13.7. The standard InChI is InChI=1S/C22H35N5O6S2/c1-13(2)19(25-10-16(23)12-34)21(29)27-11-15-6-4-3-5-14(15)9-18(27)20(28)26-17(22(30)31)7-8-35(24,32)33/h3-6,13,16-19,25,34H,7-12,23H2,1-2H3,(H,26,28)(H,30,31)(H2,24,32,33)/t16-,17+,18+,19+/m1/s1. The fourth-order valence-corrected chi connectivity index (χ4v) is 4.62. The number of sulfonamides is 1. The van der Waals surface area contributed by atoms with Crippen LogP contribution in [0.3, 0.4) is 0 Å². The van der Waals surface area contributed by atoms with E-state index in [9.17, 15) is 27.9 Å². The fraction of sp³-hybridized carbons (Fsp3) is 0.591. The van der Waals surface area contributed by atoms with Gasteiger partial charge in [0, 0.05) is 31.3 Å². The Balaban J connectivity index is 2.31. The second-order valence-electron chi connectivity index (χ2n) is 9.08. The third kappa shape index (κ3) is 8.46. The Morgan fingerprint density at radius 1 is 1.23 bits per heavy atom. The van der Waals surface area contributed by atoms with Crippen molar-refractivity contribution in [3.63, 3.8) is 0 Å². The SMILES string of the molecule is CC(C)[C@H](NC[C@@H](N)CS)C(=O)N1Cc2ccccc2C[C@H]1C(=O)N[C@@H](CCS(N)(=O)=O)C(=O)O. The lowest BCUT2D eigenvalue weighted by atomic mass is 9.91. The van der Waals surface area contributed by atoms with E-state index >= 15 is 0 Å². The van der Waals surface area contributed by atoms with Crippen LogP contribution in [0.5, 0.6) is 0 Å². The summed E-state index contributed by atoms with van der Waals surface area (Å²) < 4.78 is 22.6. The van der Waals surface area contributed by atoms with Crippen molar-refractivity contribution in [3.8, 4) is 0 Å². The van der Waals surface area contributed by atoms with Crippen molar-refractivity contribution in [2.75, 3.05) is 18.1 Å². The highest BCUT2D eigenvalue weighted by Crippen LogP contribution is 2.25. The van der Waals surface area contributed by atoms with E-state index in [-0.39, 0.29) is 30.8 Å². The van der Waals surface area contributed by atoms with Crippen LogP contribution in [-0.4, -0.2) is 78.4 Å². The number of fused-ring (bicyclic) bond motifs is 1. The maximum absolute atomic E-state index is 13.7. The van der Waals surface area contributed by atoms with Crippen LogP contribution in [0, 0.1) is 5.92 Å². The van der Waals surface area contributed by atoms with Gasteiger partial charge in [-0.1, -0.05) is 38.1 Å². The normalized spacial score (nSPS) is 18.5. The number of nitrogens with two attached hydrogens (primary N) is 2. The lowest BCUT2D eigenvalue weighted by Gasteiger charge is -2.39. The molecule has 35 heavy (non-hydrogen) atoms. The Hall–Kier alpha value is -2.19. The zero-order chi connectivity index (χ0) is 26.3. The number of carbonyl (C=O) groups is 3. The van der Waals surface area contributed by atoms with Gasteiger partial charge >= 0.3 is 5.97 Å². The van der Waals surface area contributed by atoms with Crippen LogP contribution in [0.25, 0.3) is 0 Å². The van der Waals surface area contributed by atoms with Crippen molar-refractivity contribution in [1.82, 2.24) is 15.5 Å². The molecule has 0 saturated heterocycles. The van der Waals surface area contributed by atoms with Crippen molar-refractivity contribution >= 4 is 40.4 Å². The van der Waals surface area contributed by atoms with Crippen LogP contribution in [0.15, 0.2) is 24.3 Å². The number of thiol groups is 1. The first kappa shape index (κ1) is 29.0. The average molecular weight is 530 g/mol. The Morgan fingerprint density at radius 3 is 2.40 bits per heavy atom. The van der Waals surface area contributed by atoms with Gasteiger partial charge in [0.25, 0.3) is 0 Å². The number of hydrogen-bond donors (Lipinski definition) is 6. The van der Waals surface area contributed by atoms with Crippen LogP contribution in [0.4, 0.5) is 0 Å². The second kappa shape index (κ2) is 12.7. The molecule has 1 aromatic rings. The van der Waals surface area contributed by atoms with E-state index < -0.39 is 52.2 Å². The minimum atomic E-state index is -3.92. The van der Waals surface area contributed by atoms with Gasteiger partial charge in [0.2, 0.25) is 21.8 Å². The predicted octanol–water partition coefficient (Wildman–Crippen LogP) is -0.941. The summed E-state index contributed by atoms with van der Waals surface area (Å²) in [7, 11) is -3.92. The van der Waals surface area contributed by atoms with Gasteiger partial charge in [-0.3, -0.25) is 9.59 Å². The maximum atomic E-state index is 13.7. The van der Waals surface area contributed by atoms with E-state index in [0.717, 1.165) is 11.1 Å². The van der Waals surface area contributed by atoms with Crippen molar-refractivity contribution in [2.45, 2.75) is 57.4 Å². The van der Waals surface area contributed by atoms with Crippen molar-refractivity contribution < 1.29 is 27.9 Å². The van der Waals surface area contributed by atoms with Crippen LogP contribution < -0.4 is 21.5 Å². The molecule has 0 aromatic heterocycles. The molecule has 196 valence electrons. The minimum absolute atomic E-state index is 0.114. The van der Waals surface area contributed by atoms with Crippen LogP contribution in [0.2, 0.25) is 0 Å². The molecule has 4 atom stereocenters. The number of hydrogen-bond acceptors (Lipinski definition) is 8. The van der Waals surface area contributed by atoms with Crippen LogP contribution in [0.1, 0.15) is 31.4 Å². The summed E-state index contributed by atoms with van der Waals surface area (Å²) in [5, 5.41) is 20.1. The largest absolute Gasteiger partial charge is 0.480 e. The van der Waals surface area contributed by atoms with E-state index in [2.05, 4.69) is 23.3 Å². The Labute approximate surface area is 211 Å². The molecule has 2 amide bonds. The molecule has 1 heterocycles. The number of carboxylic acids is 1. The Bertz CT molecular complexity index is 1020. The molecule has 1 aromatic carbocycles. The fourth-order valence-electron chi connectivity index (χ4n) is 3.93. The second-order valence-corrected chi connectivity index (χ2v) is 11.2. The number of nitrogens with zero attached hydrogens (tertiary/aromatic N) is 1. The number of rotatable bonds is 12. The number of primary sulfonamides is 1. The summed E-state index contributed by atoms with van der Waals surface area (Å²) >= 11 is 4.17. The molecule has 11 nitrogen and oxygen atoms in total. The summed E-state index contributed by atoms with van der Waals surface area (Å²) in [6.07, 6.45) is -0.203. The van der Waals surface area contributed by atoms with Gasteiger partial charge in [0.05, 0.1) is 11.8 Å². The first-order valence-electron chi connectivity index (χ1n) is 11.3. The number of carbonyl (C=O) groups excluding carboxylic acids is 2. The van der Waals surface area contributed by atoms with Gasteiger partial charge in [-0.2, -0.15) is 12.6 Å². The highest BCUT2D eigenvalue weighted by atomic mass is 32.2. The van der Waals surface area contributed by atoms with E-state index in [4.69, 9.17) is 10.9 Å². The monoisotopic (exact) mass is 529 g/mol. The molecule has 0 bridgehead atoms. The Kier molecular flexibility index (Phi) is 10.5. The van der Waals surface area contributed by atoms with Gasteiger partial charge in [0.15, 0.2) is 0 Å². The third-order valence-corrected chi connectivity index (χ3v) is 7.18. The van der Waals surface area contributed by atoms with Gasteiger partial charge in [-0.05, 0) is 23.5 Å². The van der Waals surface area contributed by atoms with E-state index in [1.54, 1.807) is 0 Å². The minimum Gasteiger partial charge on any atom is -0.480 e. The smallest absolute Gasteiger partial charge is 0.326 e. The zero-order valence-electron chi connectivity index (χ0n) is 19.9. The number of amides is 2.